The maximum atomic E-state index is 6.07. The van der Waals surface area contributed by atoms with E-state index in [-0.39, 0.29) is 18.0 Å². The summed E-state index contributed by atoms with van der Waals surface area (Å²) in [5, 5.41) is 3.29. The molecule has 1 spiro atoms. The summed E-state index contributed by atoms with van der Waals surface area (Å²) in [5.74, 6) is 0. The van der Waals surface area contributed by atoms with E-state index in [1.54, 1.807) is 0 Å². The van der Waals surface area contributed by atoms with Crippen LogP contribution in [0.5, 0.6) is 0 Å². The standard InChI is InChI=1S/C16H24N2O.ClH/c1-2-18-12-16(10-11-17-13-19-16)9-8-15(18)14-6-4-3-5-7-14;/h3-7,15,17H,2,8-13H2,1H3;1H. The third-order valence-electron chi connectivity index (χ3n) is 4.63. The van der Waals surface area contributed by atoms with Crippen LogP contribution in [0.3, 0.4) is 0 Å². The van der Waals surface area contributed by atoms with E-state index in [9.17, 15) is 0 Å². The number of benzene rings is 1. The van der Waals surface area contributed by atoms with Gasteiger partial charge >= 0.3 is 0 Å². The third kappa shape index (κ3) is 3.17. The molecular weight excluding hydrogens is 272 g/mol. The number of halogens is 1. The van der Waals surface area contributed by atoms with Gasteiger partial charge < -0.3 is 4.74 Å². The van der Waals surface area contributed by atoms with Crippen molar-refractivity contribution in [2.24, 2.45) is 0 Å². The Morgan fingerprint density at radius 3 is 2.75 bits per heavy atom. The molecule has 1 N–H and O–H groups in total. The summed E-state index contributed by atoms with van der Waals surface area (Å²) in [4.78, 5) is 2.59. The van der Waals surface area contributed by atoms with E-state index < -0.39 is 0 Å². The number of likely N-dealkylation sites (N-methyl/N-ethyl adjacent to an activating group) is 1. The van der Waals surface area contributed by atoms with Crippen LogP contribution < -0.4 is 5.32 Å². The van der Waals surface area contributed by atoms with Gasteiger partial charge in [-0.3, -0.25) is 10.2 Å². The summed E-state index contributed by atoms with van der Waals surface area (Å²) >= 11 is 0. The molecule has 2 aliphatic rings. The van der Waals surface area contributed by atoms with Crippen molar-refractivity contribution in [1.29, 1.82) is 0 Å². The number of piperidine rings is 1. The molecule has 0 aliphatic carbocycles. The SMILES string of the molecule is CCN1CC2(CCNCO2)CCC1c1ccccc1.Cl. The average Bonchev–Trinajstić information content (AvgIpc) is 2.49. The van der Waals surface area contributed by atoms with Crippen LogP contribution in [0.25, 0.3) is 0 Å². The number of hydrogen-bond donors (Lipinski definition) is 1. The molecule has 0 aromatic heterocycles. The second-order valence-corrected chi connectivity index (χ2v) is 5.75. The molecule has 0 saturated carbocycles. The molecule has 2 heterocycles. The Balaban J connectivity index is 0.00000147. The number of rotatable bonds is 2. The highest BCUT2D eigenvalue weighted by Gasteiger charge is 2.41. The molecule has 112 valence electrons. The highest BCUT2D eigenvalue weighted by molar-refractivity contribution is 5.85. The van der Waals surface area contributed by atoms with Crippen molar-refractivity contribution in [2.45, 2.75) is 37.8 Å². The first-order chi connectivity index (χ1) is 9.33. The normalized spacial score (nSPS) is 30.9. The van der Waals surface area contributed by atoms with E-state index in [2.05, 4.69) is 47.5 Å². The molecule has 2 unspecified atom stereocenters. The summed E-state index contributed by atoms with van der Waals surface area (Å²) in [6.45, 7) is 6.24. The van der Waals surface area contributed by atoms with Gasteiger partial charge in [-0.1, -0.05) is 37.3 Å². The largest absolute Gasteiger partial charge is 0.358 e. The van der Waals surface area contributed by atoms with Crippen LogP contribution in [0.4, 0.5) is 0 Å². The zero-order valence-corrected chi connectivity index (χ0v) is 13.0. The van der Waals surface area contributed by atoms with Gasteiger partial charge in [0, 0.05) is 19.1 Å². The molecule has 1 aromatic carbocycles. The van der Waals surface area contributed by atoms with Crippen molar-refractivity contribution in [3.8, 4) is 0 Å². The fourth-order valence-corrected chi connectivity index (χ4v) is 3.51. The highest BCUT2D eigenvalue weighted by Crippen LogP contribution is 2.38. The minimum Gasteiger partial charge on any atom is -0.358 e. The first-order valence-corrected chi connectivity index (χ1v) is 7.47. The lowest BCUT2D eigenvalue weighted by atomic mass is 9.83. The number of likely N-dealkylation sites (tertiary alicyclic amines) is 1. The van der Waals surface area contributed by atoms with Crippen molar-refractivity contribution in [3.05, 3.63) is 35.9 Å². The van der Waals surface area contributed by atoms with E-state index in [0.717, 1.165) is 26.1 Å². The monoisotopic (exact) mass is 296 g/mol. The molecule has 1 aromatic rings. The topological polar surface area (TPSA) is 24.5 Å². The molecule has 3 nitrogen and oxygen atoms in total. The Labute approximate surface area is 128 Å². The van der Waals surface area contributed by atoms with Gasteiger partial charge in [0.25, 0.3) is 0 Å². The molecule has 2 aliphatic heterocycles. The smallest absolute Gasteiger partial charge is 0.0973 e. The van der Waals surface area contributed by atoms with Crippen LogP contribution in [0.15, 0.2) is 30.3 Å². The van der Waals surface area contributed by atoms with Crippen molar-refractivity contribution in [2.75, 3.05) is 26.4 Å². The van der Waals surface area contributed by atoms with Crippen molar-refractivity contribution in [3.63, 3.8) is 0 Å². The Kier molecular flexibility index (Phi) is 5.44. The summed E-state index contributed by atoms with van der Waals surface area (Å²) in [5.41, 5.74) is 1.56. The maximum absolute atomic E-state index is 6.07. The average molecular weight is 297 g/mol. The maximum Gasteiger partial charge on any atom is 0.0973 e. The minimum absolute atomic E-state index is 0. The van der Waals surface area contributed by atoms with Crippen LogP contribution in [0, 0.1) is 0 Å². The first-order valence-electron chi connectivity index (χ1n) is 7.47. The Morgan fingerprint density at radius 2 is 2.10 bits per heavy atom. The summed E-state index contributed by atoms with van der Waals surface area (Å²) in [6, 6.07) is 11.5. The molecule has 0 amide bonds. The molecular formula is C16H25ClN2O. The summed E-state index contributed by atoms with van der Waals surface area (Å²) in [6.07, 6.45) is 3.54. The van der Waals surface area contributed by atoms with Gasteiger partial charge in [0.2, 0.25) is 0 Å². The lowest BCUT2D eigenvalue weighted by molar-refractivity contribution is -0.131. The van der Waals surface area contributed by atoms with Gasteiger partial charge in [-0.25, -0.2) is 0 Å². The van der Waals surface area contributed by atoms with Crippen molar-refractivity contribution < 1.29 is 4.74 Å². The van der Waals surface area contributed by atoms with Crippen LogP contribution in [0.2, 0.25) is 0 Å². The van der Waals surface area contributed by atoms with E-state index in [1.165, 1.54) is 18.4 Å². The van der Waals surface area contributed by atoms with Crippen LogP contribution in [-0.4, -0.2) is 36.9 Å². The van der Waals surface area contributed by atoms with E-state index in [1.807, 2.05) is 0 Å². The molecule has 2 atom stereocenters. The third-order valence-corrected chi connectivity index (χ3v) is 4.63. The molecule has 2 fully saturated rings. The zero-order chi connectivity index (χ0) is 13.1. The van der Waals surface area contributed by atoms with Gasteiger partial charge in [-0.15, -0.1) is 12.4 Å². The molecule has 20 heavy (non-hydrogen) atoms. The molecule has 2 saturated heterocycles. The lowest BCUT2D eigenvalue weighted by Gasteiger charge is -2.48. The van der Waals surface area contributed by atoms with Gasteiger partial charge in [0.1, 0.15) is 0 Å². The molecule has 3 rings (SSSR count). The van der Waals surface area contributed by atoms with Gasteiger partial charge in [-0.2, -0.15) is 0 Å². The summed E-state index contributed by atoms with van der Waals surface area (Å²) in [7, 11) is 0. The van der Waals surface area contributed by atoms with E-state index in [0.29, 0.717) is 12.8 Å². The number of nitrogens with zero attached hydrogens (tertiary/aromatic N) is 1. The quantitative estimate of drug-likeness (QED) is 0.908. The Hall–Kier alpha value is -0.610. The van der Waals surface area contributed by atoms with Crippen LogP contribution in [-0.2, 0) is 4.74 Å². The number of nitrogens with one attached hydrogen (secondary N) is 1. The fraction of sp³-hybridized carbons (Fsp3) is 0.625. The lowest BCUT2D eigenvalue weighted by Crippen LogP contribution is -2.55. The Morgan fingerprint density at radius 1 is 1.30 bits per heavy atom. The van der Waals surface area contributed by atoms with Gasteiger partial charge in [0.05, 0.1) is 12.3 Å². The second-order valence-electron chi connectivity index (χ2n) is 5.75. The van der Waals surface area contributed by atoms with Crippen molar-refractivity contribution >= 4 is 12.4 Å². The fourth-order valence-electron chi connectivity index (χ4n) is 3.51. The van der Waals surface area contributed by atoms with Crippen LogP contribution in [0.1, 0.15) is 37.8 Å². The summed E-state index contributed by atoms with van der Waals surface area (Å²) < 4.78 is 6.07. The predicted molar refractivity (Wildman–Crippen MR) is 84.2 cm³/mol. The van der Waals surface area contributed by atoms with E-state index >= 15 is 0 Å². The van der Waals surface area contributed by atoms with Gasteiger partial charge in [0.15, 0.2) is 0 Å². The Bertz CT molecular complexity index is 406. The first kappa shape index (κ1) is 15.8. The molecule has 0 bridgehead atoms. The molecule has 0 radical (unpaired) electrons. The van der Waals surface area contributed by atoms with E-state index in [4.69, 9.17) is 4.74 Å². The number of hydrogen-bond acceptors (Lipinski definition) is 3. The predicted octanol–water partition coefficient (Wildman–Crippen LogP) is 2.97. The minimum atomic E-state index is 0. The van der Waals surface area contributed by atoms with Crippen LogP contribution >= 0.6 is 12.4 Å². The zero-order valence-electron chi connectivity index (χ0n) is 12.2. The van der Waals surface area contributed by atoms with Crippen molar-refractivity contribution in [1.82, 2.24) is 10.2 Å². The van der Waals surface area contributed by atoms with Gasteiger partial charge in [-0.05, 0) is 31.4 Å². The number of ether oxygens (including phenoxy) is 1. The second kappa shape index (κ2) is 6.90. The highest BCUT2D eigenvalue weighted by atomic mass is 35.5. The molecule has 4 heteroatoms.